The van der Waals surface area contributed by atoms with Crippen molar-refractivity contribution in [3.63, 3.8) is 0 Å². The molecule has 118 valence electrons. The second-order valence-electron chi connectivity index (χ2n) is 5.67. The molecule has 0 radical (unpaired) electrons. The number of benzene rings is 1. The highest BCUT2D eigenvalue weighted by atomic mass is 79.9. The van der Waals surface area contributed by atoms with Gasteiger partial charge in [0, 0.05) is 28.7 Å². The Bertz CT molecular complexity index is 458. The van der Waals surface area contributed by atoms with E-state index in [-0.39, 0.29) is 6.61 Å². The predicted octanol–water partition coefficient (Wildman–Crippen LogP) is 3.76. The average molecular weight is 377 g/mol. The van der Waals surface area contributed by atoms with Gasteiger partial charge < -0.3 is 15.1 Å². The van der Waals surface area contributed by atoms with Gasteiger partial charge in [0.1, 0.15) is 0 Å². The number of rotatable bonds is 7. The largest absolute Gasteiger partial charge is 0.396 e. The summed E-state index contributed by atoms with van der Waals surface area (Å²) in [4.78, 5) is 2.44. The van der Waals surface area contributed by atoms with Crippen LogP contribution in [-0.2, 0) is 0 Å². The van der Waals surface area contributed by atoms with E-state index in [9.17, 15) is 5.11 Å². The number of nitrogens with zero attached hydrogens (tertiary/aromatic N) is 1. The average Bonchev–Trinajstić information content (AvgIpc) is 2.90. The molecule has 1 aromatic carbocycles. The summed E-state index contributed by atoms with van der Waals surface area (Å²) in [5.41, 5.74) is 0.797. The molecule has 21 heavy (non-hydrogen) atoms. The smallest absolute Gasteiger partial charge is 0.0816 e. The minimum absolute atomic E-state index is 0.265. The molecule has 0 saturated carbocycles. The van der Waals surface area contributed by atoms with Crippen LogP contribution in [0.2, 0.25) is 5.02 Å². The third-order valence-electron chi connectivity index (χ3n) is 4.21. The highest BCUT2D eigenvalue weighted by molar-refractivity contribution is 9.10. The molecule has 2 atom stereocenters. The monoisotopic (exact) mass is 375 g/mol. The van der Waals surface area contributed by atoms with Crippen molar-refractivity contribution < 1.29 is 10.2 Å². The van der Waals surface area contributed by atoms with Crippen LogP contribution in [0.3, 0.4) is 0 Å². The molecular weight excluding hydrogens is 354 g/mol. The van der Waals surface area contributed by atoms with E-state index in [0.29, 0.717) is 17.5 Å². The van der Waals surface area contributed by atoms with Crippen LogP contribution < -0.4 is 0 Å². The Labute approximate surface area is 140 Å². The van der Waals surface area contributed by atoms with Crippen LogP contribution in [0.5, 0.6) is 0 Å². The highest BCUT2D eigenvalue weighted by Gasteiger charge is 2.24. The van der Waals surface area contributed by atoms with Crippen molar-refractivity contribution in [1.29, 1.82) is 0 Å². The molecule has 1 saturated heterocycles. The molecule has 1 aliphatic rings. The van der Waals surface area contributed by atoms with Crippen molar-refractivity contribution in [3.8, 4) is 0 Å². The molecule has 2 unspecified atom stereocenters. The van der Waals surface area contributed by atoms with E-state index in [1.54, 1.807) is 0 Å². The van der Waals surface area contributed by atoms with Gasteiger partial charge in [-0.1, -0.05) is 33.6 Å². The Balaban J connectivity index is 1.86. The van der Waals surface area contributed by atoms with Gasteiger partial charge in [-0.2, -0.15) is 0 Å². The lowest BCUT2D eigenvalue weighted by atomic mass is 10.1. The summed E-state index contributed by atoms with van der Waals surface area (Å²) in [6.07, 6.45) is 4.50. The van der Waals surface area contributed by atoms with Gasteiger partial charge in [-0.25, -0.2) is 0 Å². The summed E-state index contributed by atoms with van der Waals surface area (Å²) < 4.78 is 0.923. The topological polar surface area (TPSA) is 43.7 Å². The summed E-state index contributed by atoms with van der Waals surface area (Å²) in [5, 5.41) is 19.9. The lowest BCUT2D eigenvalue weighted by molar-refractivity contribution is 0.134. The molecule has 0 bridgehead atoms. The molecular formula is C16H23BrClNO2. The van der Waals surface area contributed by atoms with E-state index in [0.717, 1.165) is 36.0 Å². The molecule has 2 N–H and O–H groups in total. The number of aliphatic hydroxyl groups is 2. The van der Waals surface area contributed by atoms with Crippen molar-refractivity contribution in [2.75, 3.05) is 19.7 Å². The number of hydrogen-bond donors (Lipinski definition) is 2. The fourth-order valence-corrected chi connectivity index (χ4v) is 3.86. The van der Waals surface area contributed by atoms with E-state index in [1.165, 1.54) is 12.8 Å². The maximum Gasteiger partial charge on any atom is 0.0816 e. The van der Waals surface area contributed by atoms with E-state index in [2.05, 4.69) is 20.8 Å². The maximum absolute atomic E-state index is 10.3. The molecule has 0 spiro atoms. The van der Waals surface area contributed by atoms with Gasteiger partial charge in [-0.15, -0.1) is 0 Å². The van der Waals surface area contributed by atoms with Gasteiger partial charge in [-0.3, -0.25) is 0 Å². The van der Waals surface area contributed by atoms with Crippen LogP contribution in [0.15, 0.2) is 22.7 Å². The van der Waals surface area contributed by atoms with Gasteiger partial charge in [0.25, 0.3) is 0 Å². The van der Waals surface area contributed by atoms with Gasteiger partial charge in [-0.05, 0) is 56.3 Å². The second-order valence-corrected chi connectivity index (χ2v) is 6.99. The summed E-state index contributed by atoms with van der Waals surface area (Å²) in [5.74, 6) is 0. The van der Waals surface area contributed by atoms with Gasteiger partial charge in [0.05, 0.1) is 6.10 Å². The molecule has 1 heterocycles. The Morgan fingerprint density at radius 2 is 2.24 bits per heavy atom. The molecule has 3 nitrogen and oxygen atoms in total. The van der Waals surface area contributed by atoms with Gasteiger partial charge in [0.2, 0.25) is 0 Å². The van der Waals surface area contributed by atoms with Crippen LogP contribution in [0, 0.1) is 0 Å². The van der Waals surface area contributed by atoms with Crippen molar-refractivity contribution in [3.05, 3.63) is 33.3 Å². The zero-order valence-electron chi connectivity index (χ0n) is 12.1. The minimum Gasteiger partial charge on any atom is -0.396 e. The van der Waals surface area contributed by atoms with Crippen LogP contribution in [0.1, 0.15) is 43.8 Å². The van der Waals surface area contributed by atoms with E-state index in [4.69, 9.17) is 16.7 Å². The normalized spacial score (nSPS) is 20.9. The van der Waals surface area contributed by atoms with Gasteiger partial charge in [0.15, 0.2) is 0 Å². The molecule has 1 aliphatic heterocycles. The first kappa shape index (κ1) is 17.2. The summed E-state index contributed by atoms with van der Waals surface area (Å²) >= 11 is 9.56. The van der Waals surface area contributed by atoms with Gasteiger partial charge >= 0.3 is 0 Å². The van der Waals surface area contributed by atoms with Crippen LogP contribution in [0.4, 0.5) is 0 Å². The Morgan fingerprint density at radius 1 is 1.43 bits per heavy atom. The molecule has 5 heteroatoms. The van der Waals surface area contributed by atoms with Crippen molar-refractivity contribution in [2.24, 2.45) is 0 Å². The number of likely N-dealkylation sites (tertiary alicyclic amines) is 1. The Hall–Kier alpha value is -0.130. The Morgan fingerprint density at radius 3 is 2.95 bits per heavy atom. The van der Waals surface area contributed by atoms with Crippen molar-refractivity contribution in [1.82, 2.24) is 4.90 Å². The van der Waals surface area contributed by atoms with E-state index >= 15 is 0 Å². The van der Waals surface area contributed by atoms with Crippen LogP contribution >= 0.6 is 27.5 Å². The van der Waals surface area contributed by atoms with Crippen LogP contribution in [0.25, 0.3) is 0 Å². The predicted molar refractivity (Wildman–Crippen MR) is 89.6 cm³/mol. The lowest BCUT2D eigenvalue weighted by Crippen LogP contribution is -2.31. The lowest BCUT2D eigenvalue weighted by Gasteiger charge is -2.25. The molecule has 1 aromatic rings. The highest BCUT2D eigenvalue weighted by Crippen LogP contribution is 2.29. The van der Waals surface area contributed by atoms with Crippen molar-refractivity contribution >= 4 is 27.5 Å². The quantitative estimate of drug-likeness (QED) is 0.761. The third-order valence-corrected chi connectivity index (χ3v) is 5.03. The zero-order valence-corrected chi connectivity index (χ0v) is 14.5. The summed E-state index contributed by atoms with van der Waals surface area (Å²) in [6, 6.07) is 6.17. The molecule has 1 fully saturated rings. The zero-order chi connectivity index (χ0) is 15.2. The molecule has 0 aliphatic carbocycles. The van der Waals surface area contributed by atoms with Crippen LogP contribution in [-0.4, -0.2) is 40.9 Å². The van der Waals surface area contributed by atoms with Crippen molar-refractivity contribution in [2.45, 2.75) is 44.2 Å². The fraction of sp³-hybridized carbons (Fsp3) is 0.625. The SMILES string of the molecule is OCCCC1CCCN1CCC(O)c1ccc(Br)cc1Cl. The second kappa shape index (κ2) is 8.49. The molecule has 0 amide bonds. The molecule has 0 aromatic heterocycles. The summed E-state index contributed by atoms with van der Waals surface area (Å²) in [7, 11) is 0. The first-order chi connectivity index (χ1) is 10.1. The third kappa shape index (κ3) is 4.93. The summed E-state index contributed by atoms with van der Waals surface area (Å²) in [6.45, 7) is 2.24. The first-order valence-electron chi connectivity index (χ1n) is 7.59. The van der Waals surface area contributed by atoms with E-state index in [1.807, 2.05) is 18.2 Å². The number of halogens is 2. The minimum atomic E-state index is -0.523. The van der Waals surface area contributed by atoms with E-state index < -0.39 is 6.10 Å². The fourth-order valence-electron chi connectivity index (χ4n) is 3.06. The standard InChI is InChI=1S/C16H23BrClNO2/c17-12-5-6-14(15(18)11-12)16(21)7-9-19-8-1-3-13(19)4-2-10-20/h5-6,11,13,16,20-21H,1-4,7-10H2. The first-order valence-corrected chi connectivity index (χ1v) is 8.77. The number of aliphatic hydroxyl groups excluding tert-OH is 2. The number of hydrogen-bond acceptors (Lipinski definition) is 3. The molecule has 2 rings (SSSR count). The Kier molecular flexibility index (Phi) is 6.96. The maximum atomic E-state index is 10.3.